The fourth-order valence-electron chi connectivity index (χ4n) is 2.46. The minimum absolute atomic E-state index is 0.0722. The number of pyridine rings is 1. The molecule has 3 rings (SSSR count). The predicted octanol–water partition coefficient (Wildman–Crippen LogP) is 1.27. The molecule has 2 heterocycles. The van der Waals surface area contributed by atoms with Crippen LogP contribution in [0.2, 0.25) is 0 Å². The number of aromatic carboxylic acids is 1. The van der Waals surface area contributed by atoms with Crippen molar-refractivity contribution in [1.29, 1.82) is 0 Å². The molecule has 18 heavy (non-hydrogen) atoms. The Morgan fingerprint density at radius 1 is 1.33 bits per heavy atom. The summed E-state index contributed by atoms with van der Waals surface area (Å²) >= 11 is 0. The number of carbonyl (C=O) groups is 1. The van der Waals surface area contributed by atoms with Crippen LogP contribution in [-0.4, -0.2) is 20.5 Å². The van der Waals surface area contributed by atoms with Gasteiger partial charge in [-0.25, -0.2) is 9.78 Å². The number of hydrogen-bond acceptors (Lipinski definition) is 3. The van der Waals surface area contributed by atoms with Crippen LogP contribution in [0, 0.1) is 0 Å². The lowest BCUT2D eigenvalue weighted by molar-refractivity contribution is 0.0698. The van der Waals surface area contributed by atoms with Crippen molar-refractivity contribution in [3.8, 4) is 0 Å². The highest BCUT2D eigenvalue weighted by atomic mass is 16.4. The number of aryl methyl sites for hydroxylation is 1. The molecule has 92 valence electrons. The zero-order chi connectivity index (χ0) is 12.7. The number of carboxylic acid groups (broad SMARTS) is 1. The molecular weight excluding hydrogens is 232 g/mol. The molecule has 1 N–H and O–H groups in total. The van der Waals surface area contributed by atoms with E-state index in [4.69, 9.17) is 5.11 Å². The molecule has 0 amide bonds. The molecule has 0 radical (unpaired) electrons. The lowest BCUT2D eigenvalue weighted by Gasteiger charge is -2.15. The quantitative estimate of drug-likeness (QED) is 0.820. The molecule has 0 aliphatic heterocycles. The SMILES string of the molecule is O=C(O)c1cccn2c(=O)c3c(nc12)CCCC3. The summed E-state index contributed by atoms with van der Waals surface area (Å²) in [5, 5.41) is 9.12. The number of rotatable bonds is 1. The molecule has 0 atom stereocenters. The van der Waals surface area contributed by atoms with Gasteiger partial charge in [0.25, 0.3) is 5.56 Å². The van der Waals surface area contributed by atoms with Crippen molar-refractivity contribution in [3.05, 3.63) is 45.5 Å². The Kier molecular flexibility index (Phi) is 2.40. The molecule has 0 saturated carbocycles. The first kappa shape index (κ1) is 11.0. The first-order chi connectivity index (χ1) is 8.68. The van der Waals surface area contributed by atoms with Gasteiger partial charge < -0.3 is 5.11 Å². The van der Waals surface area contributed by atoms with Gasteiger partial charge >= 0.3 is 5.97 Å². The summed E-state index contributed by atoms with van der Waals surface area (Å²) in [7, 11) is 0. The van der Waals surface area contributed by atoms with Crippen LogP contribution < -0.4 is 5.56 Å². The number of hydrogen-bond donors (Lipinski definition) is 1. The minimum atomic E-state index is -1.06. The maximum atomic E-state index is 12.3. The van der Waals surface area contributed by atoms with E-state index in [0.29, 0.717) is 0 Å². The van der Waals surface area contributed by atoms with Gasteiger partial charge in [-0.2, -0.15) is 0 Å². The minimum Gasteiger partial charge on any atom is -0.478 e. The average Bonchev–Trinajstić information content (AvgIpc) is 2.38. The van der Waals surface area contributed by atoms with Crippen molar-refractivity contribution in [2.24, 2.45) is 0 Å². The van der Waals surface area contributed by atoms with Gasteiger partial charge in [0.05, 0.1) is 5.69 Å². The van der Waals surface area contributed by atoms with E-state index in [-0.39, 0.29) is 16.8 Å². The molecular formula is C13H12N2O3. The van der Waals surface area contributed by atoms with E-state index in [1.807, 2.05) is 0 Å². The van der Waals surface area contributed by atoms with Crippen LogP contribution in [0.25, 0.3) is 5.65 Å². The number of fused-ring (bicyclic) bond motifs is 2. The summed E-state index contributed by atoms with van der Waals surface area (Å²) in [4.78, 5) is 27.8. The van der Waals surface area contributed by atoms with E-state index < -0.39 is 5.97 Å². The van der Waals surface area contributed by atoms with Crippen molar-refractivity contribution in [2.75, 3.05) is 0 Å². The van der Waals surface area contributed by atoms with Crippen molar-refractivity contribution < 1.29 is 9.90 Å². The second-order valence-electron chi connectivity index (χ2n) is 4.47. The number of carboxylic acids is 1. The molecule has 5 heteroatoms. The summed E-state index contributed by atoms with van der Waals surface area (Å²) in [6, 6.07) is 3.04. The van der Waals surface area contributed by atoms with Gasteiger partial charge in [0.2, 0.25) is 0 Å². The van der Waals surface area contributed by atoms with E-state index >= 15 is 0 Å². The molecule has 0 unspecified atom stereocenters. The van der Waals surface area contributed by atoms with E-state index in [0.717, 1.165) is 36.9 Å². The first-order valence-electron chi connectivity index (χ1n) is 5.95. The molecule has 2 aromatic heterocycles. The van der Waals surface area contributed by atoms with Crippen molar-refractivity contribution in [3.63, 3.8) is 0 Å². The van der Waals surface area contributed by atoms with Gasteiger partial charge in [0.15, 0.2) is 5.65 Å². The third-order valence-corrected chi connectivity index (χ3v) is 3.35. The lowest BCUT2D eigenvalue weighted by atomic mass is 9.97. The fourth-order valence-corrected chi connectivity index (χ4v) is 2.46. The summed E-state index contributed by atoms with van der Waals surface area (Å²) in [5.74, 6) is -1.06. The predicted molar refractivity (Wildman–Crippen MR) is 65.1 cm³/mol. The number of nitrogens with zero attached hydrogens (tertiary/aromatic N) is 2. The maximum absolute atomic E-state index is 12.3. The standard InChI is InChI=1S/C13H12N2O3/c16-12-8-4-1-2-6-10(8)14-11-9(13(17)18)5-3-7-15(11)12/h3,5,7H,1-2,4,6H2,(H,17,18). The molecule has 2 aromatic rings. The largest absolute Gasteiger partial charge is 0.478 e. The summed E-state index contributed by atoms with van der Waals surface area (Å²) in [6.07, 6.45) is 5.07. The molecule has 0 spiro atoms. The summed E-state index contributed by atoms with van der Waals surface area (Å²) in [6.45, 7) is 0. The van der Waals surface area contributed by atoms with Crippen LogP contribution in [-0.2, 0) is 12.8 Å². The highest BCUT2D eigenvalue weighted by molar-refractivity contribution is 5.94. The molecule has 0 saturated heterocycles. The summed E-state index contributed by atoms with van der Waals surface area (Å²) in [5.41, 5.74) is 1.69. The smallest absolute Gasteiger partial charge is 0.339 e. The molecule has 5 nitrogen and oxygen atoms in total. The molecule has 0 bridgehead atoms. The third-order valence-electron chi connectivity index (χ3n) is 3.35. The van der Waals surface area contributed by atoms with Crippen molar-refractivity contribution in [2.45, 2.75) is 25.7 Å². The van der Waals surface area contributed by atoms with E-state index in [9.17, 15) is 9.59 Å². The zero-order valence-corrected chi connectivity index (χ0v) is 9.72. The number of aromatic nitrogens is 2. The van der Waals surface area contributed by atoms with Gasteiger partial charge in [-0.1, -0.05) is 0 Å². The Balaban J connectivity index is 2.42. The molecule has 0 fully saturated rings. The van der Waals surface area contributed by atoms with E-state index in [1.165, 1.54) is 10.5 Å². The molecule has 1 aliphatic rings. The third kappa shape index (κ3) is 1.51. The summed E-state index contributed by atoms with van der Waals surface area (Å²) < 4.78 is 1.34. The zero-order valence-electron chi connectivity index (χ0n) is 9.72. The fraction of sp³-hybridized carbons (Fsp3) is 0.308. The Labute approximate surface area is 103 Å². The highest BCUT2D eigenvalue weighted by Gasteiger charge is 2.19. The van der Waals surface area contributed by atoms with Crippen LogP contribution in [0.1, 0.15) is 34.5 Å². The van der Waals surface area contributed by atoms with E-state index in [2.05, 4.69) is 4.98 Å². The molecule has 0 aromatic carbocycles. The van der Waals surface area contributed by atoms with Crippen LogP contribution in [0.4, 0.5) is 0 Å². The van der Waals surface area contributed by atoms with Gasteiger partial charge in [0, 0.05) is 11.8 Å². The van der Waals surface area contributed by atoms with Crippen molar-refractivity contribution >= 4 is 11.6 Å². The Morgan fingerprint density at radius 3 is 2.89 bits per heavy atom. The second-order valence-corrected chi connectivity index (χ2v) is 4.47. The first-order valence-corrected chi connectivity index (χ1v) is 5.95. The Hall–Kier alpha value is -2.17. The van der Waals surface area contributed by atoms with Crippen LogP contribution in [0.15, 0.2) is 23.1 Å². The Bertz CT molecular complexity index is 703. The van der Waals surface area contributed by atoms with Crippen LogP contribution in [0.3, 0.4) is 0 Å². The van der Waals surface area contributed by atoms with Gasteiger partial charge in [-0.05, 0) is 37.8 Å². The lowest BCUT2D eigenvalue weighted by Crippen LogP contribution is -2.25. The normalized spacial score (nSPS) is 14.4. The van der Waals surface area contributed by atoms with Crippen LogP contribution >= 0.6 is 0 Å². The van der Waals surface area contributed by atoms with Crippen LogP contribution in [0.5, 0.6) is 0 Å². The average molecular weight is 244 g/mol. The Morgan fingerprint density at radius 2 is 2.11 bits per heavy atom. The highest BCUT2D eigenvalue weighted by Crippen LogP contribution is 2.18. The van der Waals surface area contributed by atoms with Gasteiger partial charge in [-0.3, -0.25) is 9.20 Å². The van der Waals surface area contributed by atoms with Gasteiger partial charge in [-0.15, -0.1) is 0 Å². The second kappa shape index (κ2) is 3.94. The molecule has 1 aliphatic carbocycles. The monoisotopic (exact) mass is 244 g/mol. The van der Waals surface area contributed by atoms with E-state index in [1.54, 1.807) is 12.3 Å². The topological polar surface area (TPSA) is 71.7 Å². The maximum Gasteiger partial charge on any atom is 0.339 e. The van der Waals surface area contributed by atoms with Gasteiger partial charge in [0.1, 0.15) is 5.56 Å². The van der Waals surface area contributed by atoms with Crippen molar-refractivity contribution in [1.82, 2.24) is 9.38 Å².